The third-order valence-electron chi connectivity index (χ3n) is 1.20. The number of unbranched alkanes of at least 4 members (excludes halogenated alkanes) is 1. The Balaban J connectivity index is 3.54. The van der Waals surface area contributed by atoms with Crippen molar-refractivity contribution in [3.05, 3.63) is 0 Å². The Morgan fingerprint density at radius 2 is 2.08 bits per heavy atom. The molecule has 0 aliphatic heterocycles. The van der Waals surface area contributed by atoms with Gasteiger partial charge < -0.3 is 15.1 Å². The predicted octanol–water partition coefficient (Wildman–Crippen LogP) is 0.0804. The second-order valence-corrected chi connectivity index (χ2v) is 4.17. The standard InChI is InChI=1S/C6H14NO4P/c1-2-3-4-7-6(8)5-12(9,10)11/h2-5H2,1H3,(H,7,8)(H2,9,10,11). The fraction of sp³-hybridized carbons (Fsp3) is 0.833. The van der Waals surface area contributed by atoms with Gasteiger partial charge in [-0.1, -0.05) is 13.3 Å². The molecule has 0 aromatic rings. The number of hydrogen-bond donors (Lipinski definition) is 3. The van der Waals surface area contributed by atoms with Gasteiger partial charge in [-0.15, -0.1) is 0 Å². The van der Waals surface area contributed by atoms with Gasteiger partial charge in [-0.05, 0) is 6.42 Å². The van der Waals surface area contributed by atoms with Crippen molar-refractivity contribution in [2.75, 3.05) is 12.7 Å². The molecule has 3 N–H and O–H groups in total. The first-order valence-electron chi connectivity index (χ1n) is 3.77. The highest BCUT2D eigenvalue weighted by Crippen LogP contribution is 2.33. The molecular formula is C6H14NO4P. The largest absolute Gasteiger partial charge is 0.356 e. The van der Waals surface area contributed by atoms with Gasteiger partial charge >= 0.3 is 7.60 Å². The Morgan fingerprint density at radius 3 is 2.50 bits per heavy atom. The average Bonchev–Trinajstić information content (AvgIpc) is 1.84. The summed E-state index contributed by atoms with van der Waals surface area (Å²) in [5, 5.41) is 2.41. The molecule has 0 saturated carbocycles. The van der Waals surface area contributed by atoms with Crippen LogP contribution in [0.5, 0.6) is 0 Å². The summed E-state index contributed by atoms with van der Waals surface area (Å²) in [7, 11) is -4.18. The van der Waals surface area contributed by atoms with Crippen molar-refractivity contribution in [1.29, 1.82) is 0 Å². The van der Waals surface area contributed by atoms with Crippen LogP contribution in [0.4, 0.5) is 0 Å². The second kappa shape index (κ2) is 5.30. The third-order valence-corrected chi connectivity index (χ3v) is 1.90. The molecule has 0 aliphatic rings. The molecule has 0 bridgehead atoms. The van der Waals surface area contributed by atoms with Crippen molar-refractivity contribution in [2.45, 2.75) is 19.8 Å². The van der Waals surface area contributed by atoms with Crippen LogP contribution in [0.2, 0.25) is 0 Å². The van der Waals surface area contributed by atoms with Gasteiger partial charge in [0.25, 0.3) is 0 Å². The molecule has 0 aromatic heterocycles. The minimum Gasteiger partial charge on any atom is -0.356 e. The molecule has 0 spiro atoms. The maximum Gasteiger partial charge on any atom is 0.334 e. The normalized spacial score (nSPS) is 11.2. The van der Waals surface area contributed by atoms with E-state index in [2.05, 4.69) is 5.32 Å². The molecule has 0 aliphatic carbocycles. The van der Waals surface area contributed by atoms with E-state index in [4.69, 9.17) is 9.79 Å². The highest BCUT2D eigenvalue weighted by molar-refractivity contribution is 7.52. The van der Waals surface area contributed by atoms with Crippen LogP contribution in [-0.2, 0) is 9.36 Å². The van der Waals surface area contributed by atoms with Crippen LogP contribution in [0.15, 0.2) is 0 Å². The van der Waals surface area contributed by atoms with E-state index in [1.807, 2.05) is 6.92 Å². The predicted molar refractivity (Wildman–Crippen MR) is 44.8 cm³/mol. The van der Waals surface area contributed by atoms with Gasteiger partial charge in [0.15, 0.2) is 0 Å². The number of rotatable bonds is 5. The van der Waals surface area contributed by atoms with Gasteiger partial charge in [0, 0.05) is 6.54 Å². The number of hydrogen-bond acceptors (Lipinski definition) is 2. The van der Waals surface area contributed by atoms with Crippen molar-refractivity contribution >= 4 is 13.5 Å². The quantitative estimate of drug-likeness (QED) is 0.428. The zero-order chi connectivity index (χ0) is 9.61. The summed E-state index contributed by atoms with van der Waals surface area (Å²) in [5.41, 5.74) is 0. The van der Waals surface area contributed by atoms with Crippen molar-refractivity contribution in [1.82, 2.24) is 5.32 Å². The number of amides is 1. The van der Waals surface area contributed by atoms with E-state index in [1.165, 1.54) is 0 Å². The fourth-order valence-electron chi connectivity index (χ4n) is 0.648. The highest BCUT2D eigenvalue weighted by atomic mass is 31.2. The highest BCUT2D eigenvalue weighted by Gasteiger charge is 2.17. The second-order valence-electron chi connectivity index (χ2n) is 2.53. The minimum atomic E-state index is -4.18. The monoisotopic (exact) mass is 195 g/mol. The molecular weight excluding hydrogens is 181 g/mol. The SMILES string of the molecule is CCCCNC(=O)CP(=O)(O)O. The molecule has 0 unspecified atom stereocenters. The molecule has 5 nitrogen and oxygen atoms in total. The van der Waals surface area contributed by atoms with Gasteiger partial charge in [-0.25, -0.2) is 0 Å². The summed E-state index contributed by atoms with van der Waals surface area (Å²) in [5.74, 6) is -0.586. The maximum atomic E-state index is 10.7. The summed E-state index contributed by atoms with van der Waals surface area (Å²) in [4.78, 5) is 27.5. The molecule has 6 heteroatoms. The molecule has 0 radical (unpaired) electrons. The van der Waals surface area contributed by atoms with Gasteiger partial charge in [-0.2, -0.15) is 0 Å². The van der Waals surface area contributed by atoms with Crippen molar-refractivity contribution in [3.63, 3.8) is 0 Å². The van der Waals surface area contributed by atoms with Crippen LogP contribution in [0.25, 0.3) is 0 Å². The molecule has 0 atom stereocenters. The molecule has 12 heavy (non-hydrogen) atoms. The van der Waals surface area contributed by atoms with E-state index in [0.717, 1.165) is 12.8 Å². The van der Waals surface area contributed by atoms with Crippen LogP contribution in [-0.4, -0.2) is 28.4 Å². The molecule has 72 valence electrons. The van der Waals surface area contributed by atoms with Gasteiger partial charge in [0.05, 0.1) is 0 Å². The van der Waals surface area contributed by atoms with Crippen molar-refractivity contribution in [2.24, 2.45) is 0 Å². The van der Waals surface area contributed by atoms with Gasteiger partial charge in [0.1, 0.15) is 6.16 Å². The molecule has 0 heterocycles. The van der Waals surface area contributed by atoms with E-state index in [0.29, 0.717) is 6.54 Å². The third kappa shape index (κ3) is 7.72. The maximum absolute atomic E-state index is 10.7. The summed E-state index contributed by atoms with van der Waals surface area (Å²) >= 11 is 0. The van der Waals surface area contributed by atoms with Gasteiger partial charge in [0.2, 0.25) is 5.91 Å². The lowest BCUT2D eigenvalue weighted by Crippen LogP contribution is -2.27. The summed E-state index contributed by atoms with van der Waals surface area (Å²) in [6, 6.07) is 0. The molecule has 0 saturated heterocycles. The lowest BCUT2D eigenvalue weighted by atomic mass is 10.3. The Labute approximate surface area is 71.3 Å². The van der Waals surface area contributed by atoms with Crippen LogP contribution >= 0.6 is 7.60 Å². The van der Waals surface area contributed by atoms with Crippen LogP contribution < -0.4 is 5.32 Å². The number of carbonyl (C=O) groups excluding carboxylic acids is 1. The van der Waals surface area contributed by atoms with E-state index >= 15 is 0 Å². The molecule has 1 amide bonds. The molecule has 0 fully saturated rings. The average molecular weight is 195 g/mol. The zero-order valence-corrected chi connectivity index (χ0v) is 7.88. The molecule has 0 aromatic carbocycles. The fourth-order valence-corrected chi connectivity index (χ4v) is 1.13. The zero-order valence-electron chi connectivity index (χ0n) is 6.99. The first kappa shape index (κ1) is 11.6. The first-order chi connectivity index (χ1) is 5.45. The number of nitrogens with one attached hydrogen (secondary N) is 1. The number of carbonyl (C=O) groups is 1. The summed E-state index contributed by atoms with van der Waals surface area (Å²) in [6.07, 6.45) is 1.06. The van der Waals surface area contributed by atoms with Crippen LogP contribution in [0.3, 0.4) is 0 Å². The first-order valence-corrected chi connectivity index (χ1v) is 5.56. The smallest absolute Gasteiger partial charge is 0.334 e. The summed E-state index contributed by atoms with van der Waals surface area (Å²) in [6.45, 7) is 2.45. The van der Waals surface area contributed by atoms with Crippen molar-refractivity contribution in [3.8, 4) is 0 Å². The minimum absolute atomic E-state index is 0.481. The Morgan fingerprint density at radius 1 is 1.50 bits per heavy atom. The van der Waals surface area contributed by atoms with E-state index < -0.39 is 19.7 Å². The van der Waals surface area contributed by atoms with Crippen LogP contribution in [0.1, 0.15) is 19.8 Å². The lowest BCUT2D eigenvalue weighted by molar-refractivity contribution is -0.118. The van der Waals surface area contributed by atoms with E-state index in [9.17, 15) is 9.36 Å². The topological polar surface area (TPSA) is 86.6 Å². The Hall–Kier alpha value is -0.380. The van der Waals surface area contributed by atoms with Crippen LogP contribution in [0, 0.1) is 0 Å². The van der Waals surface area contributed by atoms with Gasteiger partial charge in [-0.3, -0.25) is 9.36 Å². The summed E-state index contributed by atoms with van der Waals surface area (Å²) < 4.78 is 10.3. The Bertz CT molecular complexity index is 188. The Kier molecular flexibility index (Phi) is 5.13. The molecule has 0 rings (SSSR count). The lowest BCUT2D eigenvalue weighted by Gasteiger charge is -2.04. The van der Waals surface area contributed by atoms with Crippen molar-refractivity contribution < 1.29 is 19.1 Å². The van der Waals surface area contributed by atoms with E-state index in [-0.39, 0.29) is 0 Å². The van der Waals surface area contributed by atoms with E-state index in [1.54, 1.807) is 0 Å².